The number of hydrogen-bond donors (Lipinski definition) is 2. The second-order valence-corrected chi connectivity index (χ2v) is 3.83. The molecule has 1 aromatic carbocycles. The first-order valence-electron chi connectivity index (χ1n) is 5.25. The predicted octanol–water partition coefficient (Wildman–Crippen LogP) is 1.61. The van der Waals surface area contributed by atoms with E-state index in [1.54, 1.807) is 11.0 Å². The summed E-state index contributed by atoms with van der Waals surface area (Å²) in [4.78, 5) is 12.4. The Balaban J connectivity index is 2.77. The summed E-state index contributed by atoms with van der Waals surface area (Å²) in [5.41, 5.74) is 1.82. The van der Waals surface area contributed by atoms with Crippen LogP contribution in [0.2, 0.25) is 0 Å². The van der Waals surface area contributed by atoms with E-state index >= 15 is 0 Å². The van der Waals surface area contributed by atoms with Crippen LogP contribution >= 0.6 is 0 Å². The van der Waals surface area contributed by atoms with Gasteiger partial charge >= 0.3 is 5.97 Å². The summed E-state index contributed by atoms with van der Waals surface area (Å²) < 4.78 is 0. The molecule has 0 saturated heterocycles. The molecule has 2 N–H and O–H groups in total. The van der Waals surface area contributed by atoms with Crippen molar-refractivity contribution in [2.75, 3.05) is 13.1 Å². The van der Waals surface area contributed by atoms with Crippen LogP contribution in [-0.4, -0.2) is 34.2 Å². The minimum Gasteiger partial charge on any atom is -0.508 e. The number of phenolic OH excluding ortho intramolecular Hbond substituents is 1. The van der Waals surface area contributed by atoms with Gasteiger partial charge in [-0.2, -0.15) is 0 Å². The third-order valence-electron chi connectivity index (χ3n) is 2.44. The Kier molecular flexibility index (Phi) is 4.31. The molecular formula is C12H17NO3. The second-order valence-electron chi connectivity index (χ2n) is 3.83. The molecule has 0 fully saturated rings. The van der Waals surface area contributed by atoms with E-state index in [0.29, 0.717) is 13.1 Å². The summed E-state index contributed by atoms with van der Waals surface area (Å²) in [6.45, 7) is 4.92. The highest BCUT2D eigenvalue weighted by Gasteiger charge is 2.10. The molecule has 0 spiro atoms. The summed E-state index contributed by atoms with van der Waals surface area (Å²) in [5.74, 6) is -0.636. The average molecular weight is 223 g/mol. The number of aryl methyl sites for hydroxylation is 1. The zero-order valence-corrected chi connectivity index (χ0v) is 9.60. The molecule has 88 valence electrons. The second kappa shape index (κ2) is 5.51. The maximum atomic E-state index is 10.6. The molecule has 0 aliphatic rings. The molecule has 0 saturated carbocycles. The summed E-state index contributed by atoms with van der Waals surface area (Å²) in [5, 5.41) is 18.4. The largest absolute Gasteiger partial charge is 0.508 e. The third-order valence-corrected chi connectivity index (χ3v) is 2.44. The molecule has 16 heavy (non-hydrogen) atoms. The molecular weight excluding hydrogens is 206 g/mol. The molecule has 0 aliphatic carbocycles. The number of nitrogens with zero attached hydrogens (tertiary/aromatic N) is 1. The van der Waals surface area contributed by atoms with Gasteiger partial charge in [-0.1, -0.05) is 24.6 Å². The monoisotopic (exact) mass is 223 g/mol. The molecule has 0 aliphatic heterocycles. The quantitative estimate of drug-likeness (QED) is 0.796. The lowest BCUT2D eigenvalue weighted by Gasteiger charge is -2.18. The summed E-state index contributed by atoms with van der Waals surface area (Å²) in [6, 6.07) is 5.34. The minimum absolute atomic E-state index is 0.0100. The summed E-state index contributed by atoms with van der Waals surface area (Å²) >= 11 is 0. The third kappa shape index (κ3) is 3.55. The lowest BCUT2D eigenvalue weighted by molar-refractivity contribution is -0.138. The van der Waals surface area contributed by atoms with Crippen LogP contribution in [0.5, 0.6) is 5.75 Å². The van der Waals surface area contributed by atoms with E-state index in [9.17, 15) is 9.90 Å². The Bertz CT molecular complexity index is 377. The maximum Gasteiger partial charge on any atom is 0.317 e. The first-order chi connectivity index (χ1) is 7.52. The van der Waals surface area contributed by atoms with Crippen LogP contribution in [0.25, 0.3) is 0 Å². The van der Waals surface area contributed by atoms with Gasteiger partial charge in [-0.3, -0.25) is 9.69 Å². The predicted molar refractivity (Wildman–Crippen MR) is 61.4 cm³/mol. The normalized spacial score (nSPS) is 10.7. The lowest BCUT2D eigenvalue weighted by atomic mass is 10.1. The van der Waals surface area contributed by atoms with Crippen molar-refractivity contribution in [1.82, 2.24) is 4.90 Å². The molecule has 4 heteroatoms. The van der Waals surface area contributed by atoms with Gasteiger partial charge in [0.2, 0.25) is 0 Å². The lowest BCUT2D eigenvalue weighted by Crippen LogP contribution is -2.29. The van der Waals surface area contributed by atoms with Crippen molar-refractivity contribution in [3.63, 3.8) is 0 Å². The number of phenols is 1. The van der Waals surface area contributed by atoms with Crippen molar-refractivity contribution in [2.45, 2.75) is 20.4 Å². The fraction of sp³-hybridized carbons (Fsp3) is 0.417. The van der Waals surface area contributed by atoms with Crippen LogP contribution in [0.15, 0.2) is 18.2 Å². The van der Waals surface area contributed by atoms with Crippen molar-refractivity contribution in [1.29, 1.82) is 0 Å². The number of aromatic hydroxyl groups is 1. The van der Waals surface area contributed by atoms with E-state index in [4.69, 9.17) is 5.11 Å². The van der Waals surface area contributed by atoms with Crippen LogP contribution in [0, 0.1) is 6.92 Å². The number of rotatable bonds is 5. The van der Waals surface area contributed by atoms with E-state index in [0.717, 1.165) is 11.1 Å². The van der Waals surface area contributed by atoms with E-state index < -0.39 is 5.97 Å². The molecule has 1 aromatic rings. The van der Waals surface area contributed by atoms with Crippen molar-refractivity contribution in [3.8, 4) is 5.75 Å². The maximum absolute atomic E-state index is 10.6. The van der Waals surface area contributed by atoms with E-state index in [-0.39, 0.29) is 12.3 Å². The highest BCUT2D eigenvalue weighted by atomic mass is 16.4. The SMILES string of the molecule is CCN(CC(=O)O)Cc1cc(C)ccc1O. The topological polar surface area (TPSA) is 60.8 Å². The fourth-order valence-electron chi connectivity index (χ4n) is 1.55. The van der Waals surface area contributed by atoms with Crippen LogP contribution in [-0.2, 0) is 11.3 Å². The molecule has 0 unspecified atom stereocenters. The number of likely N-dealkylation sites (N-methyl/N-ethyl adjacent to an activating group) is 1. The van der Waals surface area contributed by atoms with Gasteiger partial charge in [0, 0.05) is 12.1 Å². The van der Waals surface area contributed by atoms with Crippen molar-refractivity contribution < 1.29 is 15.0 Å². The summed E-state index contributed by atoms with van der Waals surface area (Å²) in [7, 11) is 0. The van der Waals surface area contributed by atoms with Gasteiger partial charge in [0.1, 0.15) is 5.75 Å². The van der Waals surface area contributed by atoms with Gasteiger partial charge in [0.05, 0.1) is 6.54 Å². The van der Waals surface area contributed by atoms with E-state index in [1.807, 2.05) is 26.0 Å². The molecule has 4 nitrogen and oxygen atoms in total. The Morgan fingerprint density at radius 3 is 2.69 bits per heavy atom. The molecule has 0 bridgehead atoms. The summed E-state index contributed by atoms with van der Waals surface area (Å²) in [6.07, 6.45) is 0. The average Bonchev–Trinajstić information content (AvgIpc) is 2.21. The van der Waals surface area contributed by atoms with Gasteiger partial charge in [-0.05, 0) is 19.5 Å². The van der Waals surface area contributed by atoms with Gasteiger partial charge < -0.3 is 10.2 Å². The van der Waals surface area contributed by atoms with Crippen LogP contribution in [0.1, 0.15) is 18.1 Å². The van der Waals surface area contributed by atoms with E-state index in [1.165, 1.54) is 0 Å². The number of carbonyl (C=O) groups is 1. The number of hydrogen-bond acceptors (Lipinski definition) is 3. The highest BCUT2D eigenvalue weighted by molar-refractivity contribution is 5.69. The van der Waals surface area contributed by atoms with Gasteiger partial charge in [0.15, 0.2) is 0 Å². The number of carboxylic acids is 1. The number of benzene rings is 1. The van der Waals surface area contributed by atoms with Crippen LogP contribution < -0.4 is 0 Å². The number of aliphatic carboxylic acids is 1. The Hall–Kier alpha value is -1.55. The molecule has 0 atom stereocenters. The Labute approximate surface area is 95.1 Å². The van der Waals surface area contributed by atoms with Crippen molar-refractivity contribution in [2.24, 2.45) is 0 Å². The van der Waals surface area contributed by atoms with Gasteiger partial charge in [-0.15, -0.1) is 0 Å². The van der Waals surface area contributed by atoms with Gasteiger partial charge in [0.25, 0.3) is 0 Å². The first kappa shape index (κ1) is 12.5. The van der Waals surface area contributed by atoms with Crippen LogP contribution in [0.4, 0.5) is 0 Å². The van der Waals surface area contributed by atoms with Crippen LogP contribution in [0.3, 0.4) is 0 Å². The van der Waals surface area contributed by atoms with Crippen molar-refractivity contribution in [3.05, 3.63) is 29.3 Å². The molecule has 0 amide bonds. The molecule has 0 heterocycles. The molecule has 0 aromatic heterocycles. The molecule has 1 rings (SSSR count). The Morgan fingerprint density at radius 1 is 1.44 bits per heavy atom. The van der Waals surface area contributed by atoms with Crippen molar-refractivity contribution >= 4 is 5.97 Å². The van der Waals surface area contributed by atoms with E-state index in [2.05, 4.69) is 0 Å². The number of carboxylic acid groups (broad SMARTS) is 1. The van der Waals surface area contributed by atoms with Gasteiger partial charge in [-0.25, -0.2) is 0 Å². The standard InChI is InChI=1S/C12H17NO3/c1-3-13(8-12(15)16)7-10-6-9(2)4-5-11(10)14/h4-6,14H,3,7-8H2,1-2H3,(H,15,16). The minimum atomic E-state index is -0.853. The molecule has 0 radical (unpaired) electrons. The fourth-order valence-corrected chi connectivity index (χ4v) is 1.55. The highest BCUT2D eigenvalue weighted by Crippen LogP contribution is 2.19. The zero-order chi connectivity index (χ0) is 12.1. The zero-order valence-electron chi connectivity index (χ0n) is 9.60. The first-order valence-corrected chi connectivity index (χ1v) is 5.25. The smallest absolute Gasteiger partial charge is 0.317 e. The Morgan fingerprint density at radius 2 is 2.12 bits per heavy atom.